The van der Waals surface area contributed by atoms with Gasteiger partial charge in [0.1, 0.15) is 5.60 Å². The van der Waals surface area contributed by atoms with Crippen LogP contribution in [0.3, 0.4) is 0 Å². The average Bonchev–Trinajstić information content (AvgIpc) is 2.66. The van der Waals surface area contributed by atoms with Gasteiger partial charge < -0.3 is 5.11 Å². The Bertz CT molecular complexity index is 366. The first kappa shape index (κ1) is 10.9. The summed E-state index contributed by atoms with van der Waals surface area (Å²) in [6.07, 6.45) is 7.33. The van der Waals surface area contributed by atoms with E-state index in [1.807, 2.05) is 6.08 Å². The molecule has 1 heterocycles. The second kappa shape index (κ2) is 4.11. The van der Waals surface area contributed by atoms with Crippen molar-refractivity contribution in [3.8, 4) is 0 Å². The van der Waals surface area contributed by atoms with Gasteiger partial charge in [0.2, 0.25) is 0 Å². The lowest BCUT2D eigenvalue weighted by Crippen LogP contribution is -2.26. The summed E-state index contributed by atoms with van der Waals surface area (Å²) >= 11 is 1.66. The van der Waals surface area contributed by atoms with E-state index in [0.717, 1.165) is 17.7 Å². The van der Waals surface area contributed by atoms with Crippen LogP contribution in [0.5, 0.6) is 0 Å². The van der Waals surface area contributed by atoms with Crippen molar-refractivity contribution in [1.29, 1.82) is 0 Å². The molecule has 0 spiro atoms. The minimum Gasteiger partial charge on any atom is -0.380 e. The minimum atomic E-state index is -0.691. The van der Waals surface area contributed by atoms with Crippen molar-refractivity contribution in [3.63, 3.8) is 0 Å². The van der Waals surface area contributed by atoms with Crippen LogP contribution in [-0.4, -0.2) is 5.11 Å². The molecule has 0 bridgehead atoms. The second-order valence-corrected chi connectivity index (χ2v) is 5.34. The molecule has 1 nitrogen and oxygen atoms in total. The van der Waals surface area contributed by atoms with Gasteiger partial charge in [-0.05, 0) is 49.1 Å². The van der Waals surface area contributed by atoms with Gasteiger partial charge in [0.05, 0.1) is 0 Å². The second-order valence-electron chi connectivity index (χ2n) is 4.42. The number of aryl methyl sites for hydroxylation is 1. The Hall–Kier alpha value is -0.600. The predicted octanol–water partition coefficient (Wildman–Crippen LogP) is 3.62. The molecule has 1 aromatic rings. The molecule has 0 saturated heterocycles. The van der Waals surface area contributed by atoms with Gasteiger partial charge in [0.25, 0.3) is 0 Å². The van der Waals surface area contributed by atoms with Gasteiger partial charge in [-0.25, -0.2) is 0 Å². The van der Waals surface area contributed by atoms with Crippen LogP contribution >= 0.6 is 11.3 Å². The Labute approximate surface area is 95.5 Å². The van der Waals surface area contributed by atoms with Crippen molar-refractivity contribution in [2.24, 2.45) is 5.92 Å². The molecule has 0 aromatic carbocycles. The van der Waals surface area contributed by atoms with Gasteiger partial charge in [-0.1, -0.05) is 19.1 Å². The van der Waals surface area contributed by atoms with Gasteiger partial charge in [0.15, 0.2) is 0 Å². The van der Waals surface area contributed by atoms with Crippen LogP contribution in [0.15, 0.2) is 23.6 Å². The molecule has 2 rings (SSSR count). The Morgan fingerprint density at radius 1 is 1.60 bits per heavy atom. The fourth-order valence-electron chi connectivity index (χ4n) is 2.23. The number of thiophene rings is 1. The molecule has 1 aliphatic carbocycles. The van der Waals surface area contributed by atoms with E-state index in [9.17, 15) is 5.11 Å². The van der Waals surface area contributed by atoms with Gasteiger partial charge in [-0.3, -0.25) is 0 Å². The molecule has 15 heavy (non-hydrogen) atoms. The smallest absolute Gasteiger partial charge is 0.117 e. The van der Waals surface area contributed by atoms with Crippen molar-refractivity contribution < 1.29 is 5.11 Å². The van der Waals surface area contributed by atoms with Gasteiger partial charge in [-0.2, -0.15) is 0 Å². The zero-order valence-corrected chi connectivity index (χ0v) is 10.2. The quantitative estimate of drug-likeness (QED) is 0.758. The predicted molar refractivity (Wildman–Crippen MR) is 65.1 cm³/mol. The molecule has 0 fully saturated rings. The first-order valence-electron chi connectivity index (χ1n) is 5.62. The SMILES string of the molecule is CCC1C=CC(O)(c2sccc2C)CC1. The minimum absolute atomic E-state index is 0.658. The highest BCUT2D eigenvalue weighted by Gasteiger charge is 2.32. The number of aliphatic hydroxyl groups is 1. The van der Waals surface area contributed by atoms with E-state index in [1.165, 1.54) is 12.0 Å². The van der Waals surface area contributed by atoms with Crippen LogP contribution < -0.4 is 0 Å². The van der Waals surface area contributed by atoms with Crippen molar-refractivity contribution >= 4 is 11.3 Å². The Balaban J connectivity index is 2.26. The third-order valence-electron chi connectivity index (χ3n) is 3.32. The Morgan fingerprint density at radius 2 is 2.40 bits per heavy atom. The normalized spacial score (nSPS) is 30.7. The molecular formula is C13H18OS. The molecule has 0 aliphatic heterocycles. The summed E-state index contributed by atoms with van der Waals surface area (Å²) in [4.78, 5) is 1.12. The van der Waals surface area contributed by atoms with E-state index in [1.54, 1.807) is 11.3 Å². The molecular weight excluding hydrogens is 204 g/mol. The number of allylic oxidation sites excluding steroid dienone is 1. The lowest BCUT2D eigenvalue weighted by Gasteiger charge is -2.30. The van der Waals surface area contributed by atoms with Crippen LogP contribution in [0.1, 0.15) is 36.6 Å². The maximum Gasteiger partial charge on any atom is 0.117 e. The van der Waals surface area contributed by atoms with Crippen LogP contribution in [0.4, 0.5) is 0 Å². The first-order valence-corrected chi connectivity index (χ1v) is 6.50. The highest BCUT2D eigenvalue weighted by atomic mass is 32.1. The van der Waals surface area contributed by atoms with Crippen LogP contribution in [0.25, 0.3) is 0 Å². The van der Waals surface area contributed by atoms with E-state index < -0.39 is 5.60 Å². The zero-order chi connectivity index (χ0) is 10.9. The van der Waals surface area contributed by atoms with Crippen molar-refractivity contribution in [1.82, 2.24) is 0 Å². The van der Waals surface area contributed by atoms with E-state index in [0.29, 0.717) is 5.92 Å². The summed E-state index contributed by atoms with van der Waals surface area (Å²) in [5.41, 5.74) is 0.520. The zero-order valence-electron chi connectivity index (χ0n) is 9.36. The summed E-state index contributed by atoms with van der Waals surface area (Å²) in [5.74, 6) is 0.658. The third kappa shape index (κ3) is 2.01. The summed E-state index contributed by atoms with van der Waals surface area (Å²) in [6.45, 7) is 4.28. The molecule has 2 atom stereocenters. The summed E-state index contributed by atoms with van der Waals surface area (Å²) in [7, 11) is 0. The highest BCUT2D eigenvalue weighted by Crippen LogP contribution is 2.39. The van der Waals surface area contributed by atoms with Crippen molar-refractivity contribution in [3.05, 3.63) is 34.0 Å². The number of hydrogen-bond donors (Lipinski definition) is 1. The lowest BCUT2D eigenvalue weighted by molar-refractivity contribution is 0.0691. The molecule has 0 radical (unpaired) electrons. The molecule has 0 amide bonds. The monoisotopic (exact) mass is 222 g/mol. The molecule has 1 aliphatic rings. The van der Waals surface area contributed by atoms with E-state index in [-0.39, 0.29) is 0 Å². The maximum absolute atomic E-state index is 10.5. The largest absolute Gasteiger partial charge is 0.380 e. The highest BCUT2D eigenvalue weighted by molar-refractivity contribution is 7.10. The molecule has 1 N–H and O–H groups in total. The Kier molecular flexibility index (Phi) is 2.98. The number of hydrogen-bond acceptors (Lipinski definition) is 2. The Morgan fingerprint density at radius 3 is 2.87 bits per heavy atom. The third-order valence-corrected chi connectivity index (χ3v) is 4.50. The van der Waals surface area contributed by atoms with Gasteiger partial charge in [-0.15, -0.1) is 11.3 Å². The lowest BCUT2D eigenvalue weighted by atomic mass is 9.82. The fourth-order valence-corrected chi connectivity index (χ4v) is 3.26. The standard InChI is InChI=1S/C13H18OS/c1-3-11-4-7-13(14,8-5-11)12-10(2)6-9-15-12/h4,6-7,9,11,14H,3,5,8H2,1-2H3. The van der Waals surface area contributed by atoms with E-state index in [2.05, 4.69) is 31.4 Å². The fraction of sp³-hybridized carbons (Fsp3) is 0.538. The van der Waals surface area contributed by atoms with Gasteiger partial charge in [0, 0.05) is 4.88 Å². The topological polar surface area (TPSA) is 20.2 Å². The van der Waals surface area contributed by atoms with Gasteiger partial charge >= 0.3 is 0 Å². The number of rotatable bonds is 2. The van der Waals surface area contributed by atoms with Crippen molar-refractivity contribution in [2.75, 3.05) is 0 Å². The molecule has 0 saturated carbocycles. The molecule has 1 aromatic heterocycles. The molecule has 2 unspecified atom stereocenters. The summed E-state index contributed by atoms with van der Waals surface area (Å²) in [6, 6.07) is 2.08. The summed E-state index contributed by atoms with van der Waals surface area (Å²) in [5, 5.41) is 12.6. The van der Waals surface area contributed by atoms with Crippen LogP contribution in [0, 0.1) is 12.8 Å². The van der Waals surface area contributed by atoms with Crippen LogP contribution in [-0.2, 0) is 5.60 Å². The van der Waals surface area contributed by atoms with Crippen LogP contribution in [0.2, 0.25) is 0 Å². The van der Waals surface area contributed by atoms with Crippen molar-refractivity contribution in [2.45, 2.75) is 38.7 Å². The maximum atomic E-state index is 10.5. The molecule has 2 heteroatoms. The average molecular weight is 222 g/mol. The van der Waals surface area contributed by atoms with E-state index in [4.69, 9.17) is 0 Å². The van der Waals surface area contributed by atoms with E-state index >= 15 is 0 Å². The molecule has 82 valence electrons. The summed E-state index contributed by atoms with van der Waals surface area (Å²) < 4.78 is 0. The first-order chi connectivity index (χ1) is 7.15.